The highest BCUT2D eigenvalue weighted by molar-refractivity contribution is 7.89. The smallest absolute Gasteiger partial charge is 0.383 e. The molecule has 2 aromatic heterocycles. The molecule has 5 nitrogen and oxygen atoms in total. The van der Waals surface area contributed by atoms with Crippen molar-refractivity contribution < 1.29 is 26.7 Å². The van der Waals surface area contributed by atoms with E-state index in [0.717, 1.165) is 22.4 Å². The molecule has 1 unspecified atom stereocenters. The van der Waals surface area contributed by atoms with Gasteiger partial charge in [-0.1, -0.05) is 0 Å². The highest BCUT2D eigenvalue weighted by atomic mass is 35.5. The first-order valence-electron chi connectivity index (χ1n) is 5.97. The fourth-order valence-electron chi connectivity index (χ4n) is 2.02. The molecule has 2 aromatic rings. The van der Waals surface area contributed by atoms with Crippen molar-refractivity contribution in [3.8, 4) is 0 Å². The van der Waals surface area contributed by atoms with Crippen molar-refractivity contribution in [1.82, 2.24) is 8.96 Å². The summed E-state index contributed by atoms with van der Waals surface area (Å²) < 4.78 is 62.7. The SMILES string of the molecule is CC(O)(CCl)c1cc2nc(C(F)(F)F)ccc2n1S(C)(=O)=O. The van der Waals surface area contributed by atoms with Crippen LogP contribution in [0.5, 0.6) is 0 Å². The molecule has 0 fully saturated rings. The summed E-state index contributed by atoms with van der Waals surface area (Å²) in [4.78, 5) is 3.42. The predicted octanol–water partition coefficient (Wildman–Crippen LogP) is 2.31. The van der Waals surface area contributed by atoms with Crippen LogP contribution in [0, 0.1) is 0 Å². The summed E-state index contributed by atoms with van der Waals surface area (Å²) in [6.07, 6.45) is -3.78. The third kappa shape index (κ3) is 2.92. The van der Waals surface area contributed by atoms with Crippen LogP contribution in [-0.2, 0) is 21.8 Å². The van der Waals surface area contributed by atoms with E-state index in [4.69, 9.17) is 11.6 Å². The van der Waals surface area contributed by atoms with Crippen molar-refractivity contribution in [1.29, 1.82) is 0 Å². The molecule has 2 rings (SSSR count). The lowest BCUT2D eigenvalue weighted by atomic mass is 10.1. The summed E-state index contributed by atoms with van der Waals surface area (Å²) in [5.74, 6) is -0.342. The number of rotatable bonds is 3. The normalized spacial score (nSPS) is 16.0. The van der Waals surface area contributed by atoms with E-state index in [9.17, 15) is 26.7 Å². The lowest BCUT2D eigenvalue weighted by molar-refractivity contribution is -0.140. The molecule has 0 aliphatic carbocycles. The highest BCUT2D eigenvalue weighted by Crippen LogP contribution is 2.33. The second-order valence-corrected chi connectivity index (χ2v) is 7.16. The molecular weight excluding hydrogens is 345 g/mol. The van der Waals surface area contributed by atoms with Gasteiger partial charge in [-0.25, -0.2) is 17.4 Å². The molecule has 0 aliphatic heterocycles. The number of halogens is 4. The summed E-state index contributed by atoms with van der Waals surface area (Å²) in [6, 6.07) is 2.78. The van der Waals surface area contributed by atoms with Crippen molar-refractivity contribution >= 4 is 32.7 Å². The van der Waals surface area contributed by atoms with E-state index >= 15 is 0 Å². The van der Waals surface area contributed by atoms with E-state index in [1.807, 2.05) is 0 Å². The minimum atomic E-state index is -4.66. The first-order chi connectivity index (χ1) is 9.88. The summed E-state index contributed by atoms with van der Waals surface area (Å²) in [6.45, 7) is 1.26. The third-order valence-corrected chi connectivity index (χ3v) is 4.62. The number of aliphatic hydroxyl groups is 1. The molecule has 10 heteroatoms. The highest BCUT2D eigenvalue weighted by Gasteiger charge is 2.35. The number of hydrogen-bond acceptors (Lipinski definition) is 4. The Morgan fingerprint density at radius 2 is 1.95 bits per heavy atom. The lowest BCUT2D eigenvalue weighted by Gasteiger charge is -2.21. The molecule has 122 valence electrons. The molecule has 1 N–H and O–H groups in total. The maximum Gasteiger partial charge on any atom is 0.433 e. The number of hydrogen-bond donors (Lipinski definition) is 1. The van der Waals surface area contributed by atoms with Crippen molar-refractivity contribution in [2.24, 2.45) is 0 Å². The second kappa shape index (κ2) is 5.10. The monoisotopic (exact) mass is 356 g/mol. The lowest BCUT2D eigenvalue weighted by Crippen LogP contribution is -2.29. The molecule has 22 heavy (non-hydrogen) atoms. The molecule has 0 bridgehead atoms. The Labute approximate surface area is 129 Å². The van der Waals surface area contributed by atoms with Gasteiger partial charge in [-0.3, -0.25) is 0 Å². The number of aromatic nitrogens is 2. The Bertz CT molecular complexity index is 828. The second-order valence-electron chi connectivity index (χ2n) is 5.06. The number of alkyl halides is 4. The van der Waals surface area contributed by atoms with E-state index in [-0.39, 0.29) is 22.6 Å². The first kappa shape index (κ1) is 17.0. The molecular formula is C12H12ClF3N2O3S. The fourth-order valence-corrected chi connectivity index (χ4v) is 3.28. The number of fused-ring (bicyclic) bond motifs is 1. The molecule has 0 saturated carbocycles. The van der Waals surface area contributed by atoms with Gasteiger partial charge in [0, 0.05) is 0 Å². The molecule has 2 heterocycles. The van der Waals surface area contributed by atoms with Crippen LogP contribution < -0.4 is 0 Å². The largest absolute Gasteiger partial charge is 0.433 e. The van der Waals surface area contributed by atoms with E-state index < -0.39 is 27.5 Å². The molecule has 0 aromatic carbocycles. The maximum absolute atomic E-state index is 12.7. The Kier molecular flexibility index (Phi) is 3.95. The Hall–Kier alpha value is -1.32. The van der Waals surface area contributed by atoms with Crippen LogP contribution >= 0.6 is 11.6 Å². The van der Waals surface area contributed by atoms with Gasteiger partial charge in [0.25, 0.3) is 0 Å². The average Bonchev–Trinajstić information content (AvgIpc) is 2.76. The maximum atomic E-state index is 12.7. The van der Waals surface area contributed by atoms with Gasteiger partial charge in [0.2, 0.25) is 10.0 Å². The molecule has 0 spiro atoms. The van der Waals surface area contributed by atoms with Crippen molar-refractivity contribution in [2.45, 2.75) is 18.7 Å². The van der Waals surface area contributed by atoms with Gasteiger partial charge in [0.1, 0.15) is 11.3 Å². The standard InChI is InChI=1S/C12H12ClF3N2O3S/c1-11(19,6-13)10-5-7-8(18(10)22(2,20)21)3-4-9(17-7)12(14,15)16/h3-5,19H,6H2,1-2H3. The quantitative estimate of drug-likeness (QED) is 0.857. The van der Waals surface area contributed by atoms with Gasteiger partial charge in [0.05, 0.1) is 28.9 Å². The van der Waals surface area contributed by atoms with Crippen LogP contribution in [0.2, 0.25) is 0 Å². The van der Waals surface area contributed by atoms with Crippen LogP contribution in [0.15, 0.2) is 18.2 Å². The Morgan fingerprint density at radius 3 is 2.41 bits per heavy atom. The minimum Gasteiger partial charge on any atom is -0.383 e. The van der Waals surface area contributed by atoms with Crippen LogP contribution in [0.4, 0.5) is 13.2 Å². The van der Waals surface area contributed by atoms with E-state index in [0.29, 0.717) is 6.07 Å². The summed E-state index contributed by atoms with van der Waals surface area (Å²) in [5.41, 5.74) is -3.30. The molecule has 0 radical (unpaired) electrons. The Balaban J connectivity index is 2.86. The summed E-state index contributed by atoms with van der Waals surface area (Å²) in [5, 5.41) is 10.2. The van der Waals surface area contributed by atoms with Crippen LogP contribution in [0.3, 0.4) is 0 Å². The molecule has 0 saturated heterocycles. The van der Waals surface area contributed by atoms with Gasteiger partial charge >= 0.3 is 6.18 Å². The van der Waals surface area contributed by atoms with Gasteiger partial charge in [0.15, 0.2) is 0 Å². The average molecular weight is 357 g/mol. The van der Waals surface area contributed by atoms with Crippen molar-refractivity contribution in [3.05, 3.63) is 29.6 Å². The Morgan fingerprint density at radius 1 is 1.36 bits per heavy atom. The number of nitrogens with zero attached hydrogens (tertiary/aromatic N) is 2. The summed E-state index contributed by atoms with van der Waals surface area (Å²) >= 11 is 5.62. The molecule has 1 atom stereocenters. The third-order valence-electron chi connectivity index (χ3n) is 3.05. The molecule has 0 amide bonds. The van der Waals surface area contributed by atoms with E-state index in [2.05, 4.69) is 4.98 Å². The number of pyridine rings is 1. The van der Waals surface area contributed by atoms with Gasteiger partial charge < -0.3 is 5.11 Å². The van der Waals surface area contributed by atoms with Gasteiger partial charge in [-0.15, -0.1) is 11.6 Å². The van der Waals surface area contributed by atoms with Crippen molar-refractivity contribution in [2.75, 3.05) is 12.1 Å². The zero-order chi connectivity index (χ0) is 16.9. The zero-order valence-electron chi connectivity index (χ0n) is 11.5. The van der Waals surface area contributed by atoms with Crippen molar-refractivity contribution in [3.63, 3.8) is 0 Å². The minimum absolute atomic E-state index is 0.0594. The van der Waals surface area contributed by atoms with Gasteiger partial charge in [-0.05, 0) is 25.1 Å². The predicted molar refractivity (Wildman–Crippen MR) is 75.3 cm³/mol. The topological polar surface area (TPSA) is 72.2 Å². The molecule has 0 aliphatic rings. The van der Waals surface area contributed by atoms with E-state index in [1.165, 1.54) is 6.92 Å². The first-order valence-corrected chi connectivity index (χ1v) is 8.35. The van der Waals surface area contributed by atoms with Gasteiger partial charge in [-0.2, -0.15) is 13.2 Å². The van der Waals surface area contributed by atoms with Crippen LogP contribution in [0.25, 0.3) is 11.0 Å². The fraction of sp³-hybridized carbons (Fsp3) is 0.417. The van der Waals surface area contributed by atoms with E-state index in [1.54, 1.807) is 0 Å². The summed E-state index contributed by atoms with van der Waals surface area (Å²) in [7, 11) is -3.88. The van der Waals surface area contributed by atoms with Crippen LogP contribution in [0.1, 0.15) is 18.3 Å². The van der Waals surface area contributed by atoms with Crippen LogP contribution in [-0.4, -0.2) is 34.6 Å². The zero-order valence-corrected chi connectivity index (χ0v) is 13.1.